The minimum atomic E-state index is 0.0685. The van der Waals surface area contributed by atoms with Gasteiger partial charge in [0.25, 0.3) is 0 Å². The highest BCUT2D eigenvalue weighted by Gasteiger charge is 2.24. The van der Waals surface area contributed by atoms with Gasteiger partial charge in [-0.25, -0.2) is 0 Å². The van der Waals surface area contributed by atoms with Crippen molar-refractivity contribution in [1.29, 1.82) is 0 Å². The first kappa shape index (κ1) is 22.3. The minimum absolute atomic E-state index is 0.0685. The van der Waals surface area contributed by atoms with Gasteiger partial charge in [-0.05, 0) is 50.4 Å². The predicted molar refractivity (Wildman–Crippen MR) is 115 cm³/mol. The number of piperidine rings is 1. The molecule has 1 aromatic rings. The van der Waals surface area contributed by atoms with E-state index in [2.05, 4.69) is 22.0 Å². The number of carbonyl (C=O) groups excluding carboxylic acids is 1. The fourth-order valence-corrected chi connectivity index (χ4v) is 4.23. The van der Waals surface area contributed by atoms with Gasteiger partial charge >= 0.3 is 0 Å². The second kappa shape index (κ2) is 11.2. The Bertz CT molecular complexity index is 665. The molecule has 7 heteroatoms. The number of amides is 1. The first-order valence-electron chi connectivity index (χ1n) is 10.7. The third kappa shape index (κ3) is 6.85. The van der Waals surface area contributed by atoms with E-state index in [1.165, 1.54) is 0 Å². The largest absolute Gasteiger partial charge is 0.489 e. The van der Waals surface area contributed by atoms with Crippen molar-refractivity contribution >= 4 is 17.5 Å². The van der Waals surface area contributed by atoms with Crippen molar-refractivity contribution in [3.05, 3.63) is 28.8 Å². The van der Waals surface area contributed by atoms with Crippen LogP contribution in [0.5, 0.6) is 5.75 Å². The van der Waals surface area contributed by atoms with E-state index in [0.29, 0.717) is 24.0 Å². The van der Waals surface area contributed by atoms with Gasteiger partial charge in [0, 0.05) is 43.9 Å². The van der Waals surface area contributed by atoms with E-state index in [4.69, 9.17) is 21.1 Å². The van der Waals surface area contributed by atoms with Crippen molar-refractivity contribution < 1.29 is 14.3 Å². The molecule has 0 aromatic heterocycles. The van der Waals surface area contributed by atoms with Gasteiger partial charge in [-0.2, -0.15) is 0 Å². The van der Waals surface area contributed by atoms with Crippen molar-refractivity contribution in [2.75, 3.05) is 53.0 Å². The standard InChI is InChI=1S/C22H34ClN3O3/c1-3-20-15-26(14-18-4-5-19(23)12-21(18)29-20)16-22(27)24-13-17-6-8-25(9-7-17)10-11-28-2/h4-5,12,17,20H,3,6-11,13-16H2,1-2H3,(H,24,27). The molecule has 3 rings (SSSR count). The van der Waals surface area contributed by atoms with Crippen LogP contribution < -0.4 is 10.1 Å². The van der Waals surface area contributed by atoms with Crippen LogP contribution in [0.1, 0.15) is 31.7 Å². The molecule has 1 atom stereocenters. The van der Waals surface area contributed by atoms with Crippen LogP contribution in [0.2, 0.25) is 5.02 Å². The van der Waals surface area contributed by atoms with E-state index in [1.807, 2.05) is 18.2 Å². The highest BCUT2D eigenvalue weighted by molar-refractivity contribution is 6.30. The molecule has 0 saturated carbocycles. The Hall–Kier alpha value is -1.34. The zero-order valence-corrected chi connectivity index (χ0v) is 18.4. The molecule has 0 bridgehead atoms. The van der Waals surface area contributed by atoms with Crippen LogP contribution in [0, 0.1) is 5.92 Å². The average molecular weight is 424 g/mol. The number of benzene rings is 1. The van der Waals surface area contributed by atoms with Crippen molar-refractivity contribution in [1.82, 2.24) is 15.1 Å². The summed E-state index contributed by atoms with van der Waals surface area (Å²) in [6.45, 7) is 8.68. The summed E-state index contributed by atoms with van der Waals surface area (Å²) in [5.74, 6) is 1.50. The first-order chi connectivity index (χ1) is 14.1. The molecule has 162 valence electrons. The summed E-state index contributed by atoms with van der Waals surface area (Å²) < 4.78 is 11.3. The molecule has 1 fully saturated rings. The van der Waals surface area contributed by atoms with Crippen molar-refractivity contribution in [3.8, 4) is 5.75 Å². The molecule has 1 unspecified atom stereocenters. The molecule has 0 radical (unpaired) electrons. The normalized spacial score (nSPS) is 21.3. The summed E-state index contributed by atoms with van der Waals surface area (Å²) in [5.41, 5.74) is 1.08. The number of rotatable bonds is 8. The second-order valence-corrected chi connectivity index (χ2v) is 8.59. The number of methoxy groups -OCH3 is 1. The van der Waals surface area contributed by atoms with Crippen LogP contribution >= 0.6 is 11.6 Å². The van der Waals surface area contributed by atoms with E-state index in [1.54, 1.807) is 7.11 Å². The van der Waals surface area contributed by atoms with Gasteiger partial charge < -0.3 is 19.7 Å². The number of nitrogens with zero attached hydrogens (tertiary/aromatic N) is 2. The third-order valence-electron chi connectivity index (χ3n) is 5.91. The molecule has 29 heavy (non-hydrogen) atoms. The molecule has 2 heterocycles. The number of nitrogens with one attached hydrogen (secondary N) is 1. The average Bonchev–Trinajstić information content (AvgIpc) is 2.89. The molecule has 1 amide bonds. The van der Waals surface area contributed by atoms with Gasteiger partial charge in [0.2, 0.25) is 5.91 Å². The monoisotopic (exact) mass is 423 g/mol. The van der Waals surface area contributed by atoms with Crippen molar-refractivity contribution in [3.63, 3.8) is 0 Å². The second-order valence-electron chi connectivity index (χ2n) is 8.15. The summed E-state index contributed by atoms with van der Waals surface area (Å²) in [6.07, 6.45) is 3.23. The predicted octanol–water partition coefficient (Wildman–Crippen LogP) is 2.79. The fraction of sp³-hybridized carbons (Fsp3) is 0.682. The maximum Gasteiger partial charge on any atom is 0.234 e. The van der Waals surface area contributed by atoms with Gasteiger partial charge in [0.15, 0.2) is 0 Å². The van der Waals surface area contributed by atoms with Crippen LogP contribution in [0.4, 0.5) is 0 Å². The van der Waals surface area contributed by atoms with E-state index < -0.39 is 0 Å². The van der Waals surface area contributed by atoms with Crippen molar-refractivity contribution in [2.24, 2.45) is 5.92 Å². The molecule has 2 aliphatic rings. The third-order valence-corrected chi connectivity index (χ3v) is 6.14. The van der Waals surface area contributed by atoms with Gasteiger partial charge in [0.1, 0.15) is 11.9 Å². The lowest BCUT2D eigenvalue weighted by atomic mass is 9.97. The first-order valence-corrected chi connectivity index (χ1v) is 11.1. The van der Waals surface area contributed by atoms with Crippen molar-refractivity contribution in [2.45, 2.75) is 38.8 Å². The van der Waals surface area contributed by atoms with E-state index >= 15 is 0 Å². The molecule has 1 aromatic carbocycles. The lowest BCUT2D eigenvalue weighted by Gasteiger charge is -2.32. The summed E-state index contributed by atoms with van der Waals surface area (Å²) in [7, 11) is 1.75. The van der Waals surface area contributed by atoms with E-state index in [0.717, 1.165) is 69.9 Å². The molecule has 1 N–H and O–H groups in total. The summed E-state index contributed by atoms with van der Waals surface area (Å²) in [5, 5.41) is 3.84. The molecule has 1 saturated heterocycles. The lowest BCUT2D eigenvalue weighted by molar-refractivity contribution is -0.122. The van der Waals surface area contributed by atoms with Crippen LogP contribution in [0.25, 0.3) is 0 Å². The van der Waals surface area contributed by atoms with Gasteiger partial charge in [-0.15, -0.1) is 0 Å². The van der Waals surface area contributed by atoms with Crippen LogP contribution in [-0.2, 0) is 16.1 Å². The van der Waals surface area contributed by atoms with E-state index in [-0.39, 0.29) is 12.0 Å². The fourth-order valence-electron chi connectivity index (χ4n) is 4.06. The number of likely N-dealkylation sites (tertiary alicyclic amines) is 1. The summed E-state index contributed by atoms with van der Waals surface area (Å²) >= 11 is 6.12. The Kier molecular flexibility index (Phi) is 8.60. The van der Waals surface area contributed by atoms with Crippen LogP contribution in [0.3, 0.4) is 0 Å². The number of hydrogen-bond donors (Lipinski definition) is 1. The highest BCUT2D eigenvalue weighted by Crippen LogP contribution is 2.29. The number of hydrogen-bond acceptors (Lipinski definition) is 5. The Morgan fingerprint density at radius 2 is 2.10 bits per heavy atom. The van der Waals surface area contributed by atoms with Gasteiger partial charge in [0.05, 0.1) is 13.2 Å². The Morgan fingerprint density at radius 3 is 2.83 bits per heavy atom. The van der Waals surface area contributed by atoms with E-state index in [9.17, 15) is 4.79 Å². The molecular weight excluding hydrogens is 390 g/mol. The summed E-state index contributed by atoms with van der Waals surface area (Å²) in [6, 6.07) is 5.76. The maximum absolute atomic E-state index is 12.6. The molecule has 6 nitrogen and oxygen atoms in total. The minimum Gasteiger partial charge on any atom is -0.489 e. The Morgan fingerprint density at radius 1 is 1.31 bits per heavy atom. The molecular formula is C22H34ClN3O3. The lowest BCUT2D eigenvalue weighted by Crippen LogP contribution is -2.43. The molecule has 0 aliphatic carbocycles. The topological polar surface area (TPSA) is 54.0 Å². The number of halogens is 1. The SMILES string of the molecule is CCC1CN(CC(=O)NCC2CCN(CCOC)CC2)Cc2ccc(Cl)cc2O1. The van der Waals surface area contributed by atoms with Crippen LogP contribution in [0.15, 0.2) is 18.2 Å². The highest BCUT2D eigenvalue weighted by atomic mass is 35.5. The Balaban J connectivity index is 1.45. The van der Waals surface area contributed by atoms with Gasteiger partial charge in [-0.1, -0.05) is 24.6 Å². The Labute approximate surface area is 179 Å². The quantitative estimate of drug-likeness (QED) is 0.696. The number of ether oxygens (including phenoxy) is 2. The maximum atomic E-state index is 12.6. The number of carbonyl (C=O) groups is 1. The zero-order valence-electron chi connectivity index (χ0n) is 17.7. The smallest absolute Gasteiger partial charge is 0.234 e. The summed E-state index contributed by atoms with van der Waals surface area (Å²) in [4.78, 5) is 17.2. The zero-order chi connectivity index (χ0) is 20.6. The number of fused-ring (bicyclic) bond motifs is 1. The molecule has 0 spiro atoms. The van der Waals surface area contributed by atoms with Gasteiger partial charge in [-0.3, -0.25) is 9.69 Å². The molecule has 2 aliphatic heterocycles. The van der Waals surface area contributed by atoms with Crippen LogP contribution in [-0.4, -0.2) is 74.8 Å².